The molecule has 5 rings (SSSR count). The summed E-state index contributed by atoms with van der Waals surface area (Å²) in [6, 6.07) is 11.0. The zero-order valence-corrected chi connectivity index (χ0v) is 21.7. The number of fused-ring (bicyclic) bond motifs is 3. The molecule has 3 aliphatic heterocycles. The zero-order valence-electron chi connectivity index (χ0n) is 21.7. The molecule has 0 saturated carbocycles. The second-order valence-electron chi connectivity index (χ2n) is 8.42. The van der Waals surface area contributed by atoms with Gasteiger partial charge in [0.2, 0.25) is 0 Å². The third-order valence-corrected chi connectivity index (χ3v) is 6.03. The maximum Gasteiger partial charge on any atom is 0.182 e. The minimum atomic E-state index is 0.227. The molecule has 0 atom stereocenters. The number of nitrogens with zero attached hydrogens (tertiary/aromatic N) is 1. The van der Waals surface area contributed by atoms with Crippen LogP contribution in [0.1, 0.15) is 56.5 Å². The second kappa shape index (κ2) is 13.6. The minimum Gasteiger partial charge on any atom is -0.490 e. The summed E-state index contributed by atoms with van der Waals surface area (Å²) in [5.41, 5.74) is 2.44. The number of carbonyl (C=O) groups excluding carboxylic acids is 2. The van der Waals surface area contributed by atoms with Gasteiger partial charge in [-0.05, 0) is 82.5 Å². The number of piperidine rings is 3. The van der Waals surface area contributed by atoms with Gasteiger partial charge in [0, 0.05) is 24.6 Å². The average molecular weight is 496 g/mol. The Labute approximate surface area is 214 Å². The van der Waals surface area contributed by atoms with Gasteiger partial charge in [-0.15, -0.1) is 0 Å². The lowest BCUT2D eigenvalue weighted by Gasteiger charge is -2.41. The average Bonchev–Trinajstić information content (AvgIpc) is 2.90. The molecule has 7 heteroatoms. The monoisotopic (exact) mass is 495 g/mol. The van der Waals surface area contributed by atoms with Gasteiger partial charge in [-0.2, -0.15) is 0 Å². The molecule has 36 heavy (non-hydrogen) atoms. The lowest BCUT2D eigenvalue weighted by atomic mass is 9.84. The highest BCUT2D eigenvalue weighted by Gasteiger charge is 2.36. The molecule has 3 aliphatic rings. The van der Waals surface area contributed by atoms with Crippen LogP contribution in [0.3, 0.4) is 0 Å². The molecule has 0 aliphatic carbocycles. The molecule has 2 aromatic carbocycles. The van der Waals surface area contributed by atoms with Gasteiger partial charge < -0.3 is 23.8 Å². The van der Waals surface area contributed by atoms with E-state index in [0.29, 0.717) is 49.3 Å². The Morgan fingerprint density at radius 3 is 1.69 bits per heavy atom. The van der Waals surface area contributed by atoms with Crippen LogP contribution < -0.4 is 18.9 Å². The predicted octanol–water partition coefficient (Wildman–Crippen LogP) is 5.42. The van der Waals surface area contributed by atoms with Crippen molar-refractivity contribution in [1.82, 2.24) is 4.90 Å². The van der Waals surface area contributed by atoms with Crippen LogP contribution >= 0.6 is 0 Å². The first-order chi connectivity index (χ1) is 17.5. The summed E-state index contributed by atoms with van der Waals surface area (Å²) in [6.45, 7) is 12.0. The topological polar surface area (TPSA) is 74.3 Å². The van der Waals surface area contributed by atoms with Crippen molar-refractivity contribution in [2.45, 2.75) is 40.5 Å². The lowest BCUT2D eigenvalue weighted by Crippen LogP contribution is -2.45. The zero-order chi connectivity index (χ0) is 25.9. The molecular formula is C29H37NO6. The summed E-state index contributed by atoms with van der Waals surface area (Å²) < 4.78 is 21.9. The van der Waals surface area contributed by atoms with Gasteiger partial charge in [0.15, 0.2) is 28.8 Å². The fraction of sp³-hybridized carbons (Fsp3) is 0.448. The van der Waals surface area contributed by atoms with Crippen LogP contribution in [0.4, 0.5) is 0 Å². The van der Waals surface area contributed by atoms with E-state index in [2.05, 4.69) is 4.90 Å². The molecule has 0 aromatic heterocycles. The number of allylic oxidation sites excluding steroid dienone is 1. The molecule has 0 radical (unpaired) electrons. The number of ether oxygens (including phenoxy) is 4. The van der Waals surface area contributed by atoms with Crippen LogP contribution in [-0.2, 0) is 4.79 Å². The highest BCUT2D eigenvalue weighted by Crippen LogP contribution is 2.34. The normalized spacial score (nSPS) is 15.8. The highest BCUT2D eigenvalue weighted by molar-refractivity contribution is 6.02. The Hall–Kier alpha value is -3.48. The first-order valence-corrected chi connectivity index (χ1v) is 12.8. The first kappa shape index (κ1) is 27.1. The van der Waals surface area contributed by atoms with Gasteiger partial charge in [-0.25, -0.2) is 0 Å². The van der Waals surface area contributed by atoms with Crippen LogP contribution in [0.25, 0.3) is 6.08 Å². The number of rotatable bonds is 10. The van der Waals surface area contributed by atoms with E-state index in [1.54, 1.807) is 18.2 Å². The summed E-state index contributed by atoms with van der Waals surface area (Å²) in [6.07, 6.45) is 4.79. The molecule has 194 valence electrons. The maximum absolute atomic E-state index is 12.4. The fourth-order valence-electron chi connectivity index (χ4n) is 4.37. The number of hydrogen-bond donors (Lipinski definition) is 0. The second-order valence-corrected chi connectivity index (χ2v) is 8.42. The summed E-state index contributed by atoms with van der Waals surface area (Å²) in [7, 11) is 0. The van der Waals surface area contributed by atoms with Crippen molar-refractivity contribution in [3.8, 4) is 23.0 Å². The lowest BCUT2D eigenvalue weighted by molar-refractivity contribution is -0.125. The molecule has 0 amide bonds. The van der Waals surface area contributed by atoms with Gasteiger partial charge in [0.05, 0.1) is 32.1 Å². The SMILES string of the molecule is CCOc1ccc(C=C2C(=O)C3CCN2CC3)cc1OCC.CCOc1ccc(C=O)cc1OCC. The van der Waals surface area contributed by atoms with Crippen LogP contribution in [-0.4, -0.2) is 56.5 Å². The quantitative estimate of drug-likeness (QED) is 0.322. The molecular weight excluding hydrogens is 458 g/mol. The molecule has 0 unspecified atom stereocenters. The Morgan fingerprint density at radius 1 is 0.750 bits per heavy atom. The van der Waals surface area contributed by atoms with Gasteiger partial charge in [-0.3, -0.25) is 9.59 Å². The molecule has 0 spiro atoms. The van der Waals surface area contributed by atoms with Crippen LogP contribution in [0, 0.1) is 5.92 Å². The predicted molar refractivity (Wildman–Crippen MR) is 140 cm³/mol. The number of Topliss-reactive ketones (excluding diaryl/α,β-unsaturated/α-hetero) is 1. The van der Waals surface area contributed by atoms with Gasteiger partial charge in [-0.1, -0.05) is 6.07 Å². The van der Waals surface area contributed by atoms with E-state index in [1.165, 1.54) is 0 Å². The summed E-state index contributed by atoms with van der Waals surface area (Å²) in [5.74, 6) is 3.32. The van der Waals surface area contributed by atoms with E-state index in [0.717, 1.165) is 55.0 Å². The number of aldehydes is 1. The van der Waals surface area contributed by atoms with Crippen molar-refractivity contribution in [2.24, 2.45) is 5.92 Å². The van der Waals surface area contributed by atoms with Crippen molar-refractivity contribution >= 4 is 18.1 Å². The Bertz CT molecular complexity index is 1060. The smallest absolute Gasteiger partial charge is 0.182 e. The van der Waals surface area contributed by atoms with Crippen molar-refractivity contribution in [2.75, 3.05) is 39.5 Å². The van der Waals surface area contributed by atoms with E-state index >= 15 is 0 Å². The Kier molecular flexibility index (Phi) is 10.2. The van der Waals surface area contributed by atoms with Crippen LogP contribution in [0.15, 0.2) is 42.1 Å². The number of ketones is 1. The highest BCUT2D eigenvalue weighted by atomic mass is 16.5. The van der Waals surface area contributed by atoms with Crippen molar-refractivity contribution in [3.63, 3.8) is 0 Å². The van der Waals surface area contributed by atoms with Gasteiger partial charge in [0.25, 0.3) is 0 Å². The van der Waals surface area contributed by atoms with E-state index in [4.69, 9.17) is 18.9 Å². The van der Waals surface area contributed by atoms with Crippen LogP contribution in [0.2, 0.25) is 0 Å². The molecule has 3 fully saturated rings. The van der Waals surface area contributed by atoms with Crippen LogP contribution in [0.5, 0.6) is 23.0 Å². The summed E-state index contributed by atoms with van der Waals surface area (Å²) >= 11 is 0. The Morgan fingerprint density at radius 2 is 1.22 bits per heavy atom. The maximum atomic E-state index is 12.4. The number of carbonyl (C=O) groups is 2. The van der Waals surface area contributed by atoms with E-state index in [9.17, 15) is 9.59 Å². The third-order valence-electron chi connectivity index (χ3n) is 6.03. The van der Waals surface area contributed by atoms with Gasteiger partial charge >= 0.3 is 0 Å². The third kappa shape index (κ3) is 6.80. The molecule has 3 saturated heterocycles. The van der Waals surface area contributed by atoms with Crippen molar-refractivity contribution in [1.29, 1.82) is 0 Å². The van der Waals surface area contributed by atoms with E-state index in [-0.39, 0.29) is 5.92 Å². The molecule has 2 bridgehead atoms. The minimum absolute atomic E-state index is 0.227. The standard InChI is InChI=1S/C18H23NO3.C11H14O3/c1-3-21-16-6-5-13(12-17(16)22-4-2)11-15-18(20)14-7-9-19(15)10-8-14;1-3-13-10-6-5-9(8-12)7-11(10)14-4-2/h5-6,11-12,14H,3-4,7-10H2,1-2H3;5-8H,3-4H2,1-2H3. The molecule has 3 heterocycles. The molecule has 7 nitrogen and oxygen atoms in total. The summed E-state index contributed by atoms with van der Waals surface area (Å²) in [4.78, 5) is 25.1. The van der Waals surface area contributed by atoms with E-state index < -0.39 is 0 Å². The van der Waals surface area contributed by atoms with Crippen molar-refractivity contribution < 1.29 is 28.5 Å². The number of hydrogen-bond acceptors (Lipinski definition) is 7. The van der Waals surface area contributed by atoms with Gasteiger partial charge in [0.1, 0.15) is 6.29 Å². The van der Waals surface area contributed by atoms with E-state index in [1.807, 2.05) is 52.0 Å². The largest absolute Gasteiger partial charge is 0.490 e. The fourth-order valence-corrected chi connectivity index (χ4v) is 4.37. The molecule has 0 N–H and O–H groups in total. The molecule has 2 aromatic rings. The Balaban J connectivity index is 0.000000223. The summed E-state index contributed by atoms with van der Waals surface area (Å²) in [5, 5.41) is 0. The number of benzene rings is 2. The first-order valence-electron chi connectivity index (χ1n) is 12.8. The van der Waals surface area contributed by atoms with Crippen molar-refractivity contribution in [3.05, 3.63) is 53.2 Å².